The highest BCUT2D eigenvalue weighted by Crippen LogP contribution is 2.04. The van der Waals surface area contributed by atoms with Gasteiger partial charge in [0.25, 0.3) is 12.1 Å². The number of hydrogen-bond acceptors (Lipinski definition) is 5. The Morgan fingerprint density at radius 2 is 1.54 bits per heavy atom. The quantitative estimate of drug-likeness (QED) is 0.649. The fourth-order valence-electron chi connectivity index (χ4n) is 1.90. The molecule has 0 saturated heterocycles. The predicted octanol–water partition coefficient (Wildman–Crippen LogP) is 2.05. The maximum Gasteiger partial charge on any atom is 0.369 e. The maximum absolute atomic E-state index is 12.1. The Morgan fingerprint density at radius 3 is 2.12 bits per heavy atom. The van der Waals surface area contributed by atoms with E-state index in [0.717, 1.165) is 12.5 Å². The van der Waals surface area contributed by atoms with Gasteiger partial charge in [-0.2, -0.15) is 0 Å². The summed E-state index contributed by atoms with van der Waals surface area (Å²) in [6.07, 6.45) is -1.50. The lowest BCUT2D eigenvalue weighted by Gasteiger charge is -2.17. The van der Waals surface area contributed by atoms with Crippen LogP contribution >= 0.6 is 0 Å². The van der Waals surface area contributed by atoms with Crippen LogP contribution in [0.5, 0.6) is 0 Å². The summed E-state index contributed by atoms with van der Waals surface area (Å²) in [6, 6.07) is 17.3. The van der Waals surface area contributed by atoms with Crippen molar-refractivity contribution in [3.05, 3.63) is 71.8 Å². The van der Waals surface area contributed by atoms with Gasteiger partial charge < -0.3 is 14.8 Å². The number of nitrogens with one attached hydrogen (secondary N) is 1. The summed E-state index contributed by atoms with van der Waals surface area (Å²) in [5.41, 5.74) is 1.12. The van der Waals surface area contributed by atoms with Gasteiger partial charge in [-0.3, -0.25) is 9.59 Å². The number of ether oxygens (including phenoxy) is 2. The number of carbonyl (C=O) groups is 3. The van der Waals surface area contributed by atoms with Crippen molar-refractivity contribution in [3.8, 4) is 0 Å². The van der Waals surface area contributed by atoms with Gasteiger partial charge in [0, 0.05) is 12.5 Å². The van der Waals surface area contributed by atoms with Crippen molar-refractivity contribution in [2.24, 2.45) is 0 Å². The molecule has 0 spiro atoms. The second-order valence-corrected chi connectivity index (χ2v) is 4.92. The summed E-state index contributed by atoms with van der Waals surface area (Å²) in [4.78, 5) is 35.4. The topological polar surface area (TPSA) is 81.7 Å². The SMILES string of the molecule is CC(=O)OC(NC(=O)c1ccccc1)C(=O)OCc1ccccc1. The van der Waals surface area contributed by atoms with Crippen molar-refractivity contribution in [1.82, 2.24) is 5.32 Å². The van der Waals surface area contributed by atoms with Crippen molar-refractivity contribution in [2.45, 2.75) is 19.8 Å². The van der Waals surface area contributed by atoms with Crippen molar-refractivity contribution in [1.29, 1.82) is 0 Å². The molecule has 0 heterocycles. The Balaban J connectivity index is 2.00. The van der Waals surface area contributed by atoms with Crippen molar-refractivity contribution >= 4 is 17.8 Å². The van der Waals surface area contributed by atoms with Crippen LogP contribution in [0.4, 0.5) is 0 Å². The van der Waals surface area contributed by atoms with Crippen LogP contribution in [-0.4, -0.2) is 24.1 Å². The Bertz CT molecular complexity index is 700. The summed E-state index contributed by atoms with van der Waals surface area (Å²) >= 11 is 0. The van der Waals surface area contributed by atoms with E-state index in [1.54, 1.807) is 42.5 Å². The van der Waals surface area contributed by atoms with Gasteiger partial charge in [0.05, 0.1) is 0 Å². The third kappa shape index (κ3) is 5.24. The van der Waals surface area contributed by atoms with E-state index in [-0.39, 0.29) is 6.61 Å². The van der Waals surface area contributed by atoms with Crippen molar-refractivity contribution in [2.75, 3.05) is 0 Å². The molecule has 0 aliphatic carbocycles. The smallest absolute Gasteiger partial charge is 0.369 e. The fraction of sp³-hybridized carbons (Fsp3) is 0.167. The molecule has 0 aliphatic heterocycles. The van der Waals surface area contributed by atoms with E-state index in [9.17, 15) is 14.4 Å². The van der Waals surface area contributed by atoms with Gasteiger partial charge in [0.2, 0.25) is 0 Å². The fourth-order valence-corrected chi connectivity index (χ4v) is 1.90. The molecule has 2 aromatic carbocycles. The summed E-state index contributed by atoms with van der Waals surface area (Å²) in [7, 11) is 0. The summed E-state index contributed by atoms with van der Waals surface area (Å²) in [5.74, 6) is -2.10. The van der Waals surface area contributed by atoms with Gasteiger partial charge in [0.15, 0.2) is 0 Å². The molecule has 0 aromatic heterocycles. The Kier molecular flexibility index (Phi) is 6.08. The lowest BCUT2D eigenvalue weighted by atomic mass is 10.2. The molecular weight excluding hydrogens is 310 g/mol. The summed E-state index contributed by atoms with van der Waals surface area (Å²) in [6.45, 7) is 1.16. The first-order valence-electron chi connectivity index (χ1n) is 7.30. The molecule has 1 N–H and O–H groups in total. The molecule has 0 bridgehead atoms. The normalized spacial score (nSPS) is 11.2. The van der Waals surface area contributed by atoms with Gasteiger partial charge in [-0.25, -0.2) is 4.79 Å². The molecule has 6 nitrogen and oxygen atoms in total. The van der Waals surface area contributed by atoms with Crippen LogP contribution < -0.4 is 5.32 Å². The molecule has 0 radical (unpaired) electrons. The second-order valence-electron chi connectivity index (χ2n) is 4.92. The first-order chi connectivity index (χ1) is 11.6. The molecule has 1 unspecified atom stereocenters. The zero-order valence-corrected chi connectivity index (χ0v) is 13.1. The van der Waals surface area contributed by atoms with E-state index in [2.05, 4.69) is 5.32 Å². The molecule has 2 aromatic rings. The van der Waals surface area contributed by atoms with E-state index in [1.807, 2.05) is 18.2 Å². The second kappa shape index (κ2) is 8.47. The van der Waals surface area contributed by atoms with Crippen molar-refractivity contribution < 1.29 is 23.9 Å². The third-order valence-electron chi connectivity index (χ3n) is 3.02. The molecule has 0 saturated carbocycles. The number of esters is 2. The minimum Gasteiger partial charge on any atom is -0.457 e. The minimum absolute atomic E-state index is 0.0125. The van der Waals surface area contributed by atoms with E-state index in [0.29, 0.717) is 5.56 Å². The van der Waals surface area contributed by atoms with Gasteiger partial charge >= 0.3 is 11.9 Å². The van der Waals surface area contributed by atoms with Gasteiger partial charge in [-0.1, -0.05) is 48.5 Å². The average Bonchev–Trinajstić information content (AvgIpc) is 2.60. The molecule has 0 aliphatic rings. The standard InChI is InChI=1S/C18H17NO5/c1-13(20)24-17(19-16(21)15-10-6-3-7-11-15)18(22)23-12-14-8-4-2-5-9-14/h2-11,17H,12H2,1H3,(H,19,21). The molecule has 24 heavy (non-hydrogen) atoms. The van der Waals surface area contributed by atoms with E-state index in [4.69, 9.17) is 9.47 Å². The lowest BCUT2D eigenvalue weighted by Crippen LogP contribution is -2.44. The predicted molar refractivity (Wildman–Crippen MR) is 85.7 cm³/mol. The van der Waals surface area contributed by atoms with E-state index >= 15 is 0 Å². The lowest BCUT2D eigenvalue weighted by molar-refractivity contribution is -0.169. The van der Waals surface area contributed by atoms with Crippen LogP contribution in [-0.2, 0) is 25.7 Å². The Morgan fingerprint density at radius 1 is 0.958 bits per heavy atom. The first kappa shape index (κ1) is 17.2. The maximum atomic E-state index is 12.1. The number of hydrogen-bond donors (Lipinski definition) is 1. The molecule has 1 atom stereocenters. The molecule has 1 amide bonds. The van der Waals surface area contributed by atoms with Crippen molar-refractivity contribution in [3.63, 3.8) is 0 Å². The highest BCUT2D eigenvalue weighted by atomic mass is 16.6. The van der Waals surface area contributed by atoms with Gasteiger partial charge in [0.1, 0.15) is 6.61 Å². The molecule has 124 valence electrons. The van der Waals surface area contributed by atoms with Crippen LogP contribution in [0.2, 0.25) is 0 Å². The highest BCUT2D eigenvalue weighted by Gasteiger charge is 2.26. The van der Waals surface area contributed by atoms with E-state index in [1.165, 1.54) is 0 Å². The molecule has 2 rings (SSSR count). The summed E-state index contributed by atoms with van der Waals surface area (Å²) < 4.78 is 9.94. The monoisotopic (exact) mass is 327 g/mol. The zero-order valence-electron chi connectivity index (χ0n) is 13.1. The van der Waals surface area contributed by atoms with Gasteiger partial charge in [-0.05, 0) is 17.7 Å². The minimum atomic E-state index is -1.50. The Hall–Kier alpha value is -3.15. The molecule has 0 fully saturated rings. The molecule has 6 heteroatoms. The van der Waals surface area contributed by atoms with Crippen LogP contribution in [0.3, 0.4) is 0 Å². The highest BCUT2D eigenvalue weighted by molar-refractivity contribution is 5.96. The van der Waals surface area contributed by atoms with Crippen LogP contribution in [0.25, 0.3) is 0 Å². The summed E-state index contributed by atoms with van der Waals surface area (Å²) in [5, 5.41) is 2.34. The largest absolute Gasteiger partial charge is 0.457 e. The number of amides is 1. The molecular formula is C18H17NO5. The van der Waals surface area contributed by atoms with Crippen LogP contribution in [0.1, 0.15) is 22.8 Å². The Labute approximate surface area is 139 Å². The number of rotatable bonds is 6. The third-order valence-corrected chi connectivity index (χ3v) is 3.02. The number of benzene rings is 2. The first-order valence-corrected chi connectivity index (χ1v) is 7.30. The number of carbonyl (C=O) groups excluding carboxylic acids is 3. The average molecular weight is 327 g/mol. The van der Waals surface area contributed by atoms with Crippen LogP contribution in [0.15, 0.2) is 60.7 Å². The zero-order chi connectivity index (χ0) is 17.4. The van der Waals surface area contributed by atoms with Gasteiger partial charge in [-0.15, -0.1) is 0 Å². The van der Waals surface area contributed by atoms with E-state index < -0.39 is 24.1 Å². The van der Waals surface area contributed by atoms with Crippen LogP contribution in [0, 0.1) is 0 Å².